The van der Waals surface area contributed by atoms with Gasteiger partial charge in [0.05, 0.1) is 19.9 Å². The Bertz CT molecular complexity index is 448. The molecular formula is C12H14N2O2. The first kappa shape index (κ1) is 10.5. The molecule has 0 saturated carbocycles. The molecule has 0 aromatic carbocycles. The van der Waals surface area contributed by atoms with E-state index in [0.717, 1.165) is 23.1 Å². The number of rotatable bonds is 4. The fraction of sp³-hybridized carbons (Fsp3) is 0.250. The second kappa shape index (κ2) is 4.70. The Kier molecular flexibility index (Phi) is 3.10. The minimum Gasteiger partial charge on any atom is -0.495 e. The molecule has 0 aliphatic carbocycles. The van der Waals surface area contributed by atoms with Gasteiger partial charge in [0.1, 0.15) is 23.1 Å². The van der Waals surface area contributed by atoms with Crippen LogP contribution in [0.15, 0.2) is 34.9 Å². The summed E-state index contributed by atoms with van der Waals surface area (Å²) in [6.07, 6.45) is 1.68. The van der Waals surface area contributed by atoms with Gasteiger partial charge in [-0.3, -0.25) is 0 Å². The summed E-state index contributed by atoms with van der Waals surface area (Å²) in [4.78, 5) is 4.19. The van der Waals surface area contributed by atoms with E-state index in [9.17, 15) is 0 Å². The topological polar surface area (TPSA) is 47.3 Å². The Morgan fingerprint density at radius 3 is 2.75 bits per heavy atom. The van der Waals surface area contributed by atoms with Gasteiger partial charge in [0, 0.05) is 0 Å². The van der Waals surface area contributed by atoms with Gasteiger partial charge in [-0.05, 0) is 31.2 Å². The van der Waals surface area contributed by atoms with Crippen LogP contribution in [0.1, 0.15) is 11.5 Å². The summed E-state index contributed by atoms with van der Waals surface area (Å²) >= 11 is 0. The van der Waals surface area contributed by atoms with Gasteiger partial charge < -0.3 is 14.5 Å². The first-order valence-corrected chi connectivity index (χ1v) is 5.07. The van der Waals surface area contributed by atoms with Crippen LogP contribution in [0.5, 0.6) is 5.75 Å². The number of hydrogen-bond donors (Lipinski definition) is 1. The molecule has 0 radical (unpaired) electrons. The van der Waals surface area contributed by atoms with E-state index < -0.39 is 0 Å². The number of ether oxygens (including phenoxy) is 1. The van der Waals surface area contributed by atoms with Crippen LogP contribution in [0.25, 0.3) is 0 Å². The molecule has 84 valence electrons. The van der Waals surface area contributed by atoms with Crippen LogP contribution in [-0.4, -0.2) is 12.1 Å². The third-order valence-electron chi connectivity index (χ3n) is 2.21. The lowest BCUT2D eigenvalue weighted by molar-refractivity contribution is 0.413. The van der Waals surface area contributed by atoms with Crippen molar-refractivity contribution in [2.75, 3.05) is 12.4 Å². The maximum absolute atomic E-state index is 5.44. The quantitative estimate of drug-likeness (QED) is 0.856. The highest BCUT2D eigenvalue weighted by atomic mass is 16.5. The fourth-order valence-electron chi connectivity index (χ4n) is 1.36. The minimum absolute atomic E-state index is 0.632. The third kappa shape index (κ3) is 2.53. The number of nitrogens with zero attached hydrogens (tertiary/aromatic N) is 1. The van der Waals surface area contributed by atoms with Gasteiger partial charge in [-0.2, -0.15) is 0 Å². The normalized spacial score (nSPS) is 10.1. The van der Waals surface area contributed by atoms with Gasteiger partial charge in [0.2, 0.25) is 0 Å². The van der Waals surface area contributed by atoms with Crippen molar-refractivity contribution in [3.63, 3.8) is 0 Å². The molecule has 0 aliphatic heterocycles. The molecule has 0 aliphatic rings. The van der Waals surface area contributed by atoms with Crippen molar-refractivity contribution < 1.29 is 9.15 Å². The summed E-state index contributed by atoms with van der Waals surface area (Å²) in [5, 5.41) is 3.17. The standard InChI is InChI=1S/C12H14N2O2/c1-9-3-4-11(16-9)8-14-12-6-5-10(15-2)7-13-12/h3-7H,8H2,1-2H3,(H,13,14). The predicted octanol–water partition coefficient (Wildman–Crippen LogP) is 2.60. The number of aromatic nitrogens is 1. The highest BCUT2D eigenvalue weighted by molar-refractivity contribution is 5.37. The van der Waals surface area contributed by atoms with Crippen molar-refractivity contribution in [3.05, 3.63) is 42.0 Å². The van der Waals surface area contributed by atoms with Crippen LogP contribution in [0.4, 0.5) is 5.82 Å². The highest BCUT2D eigenvalue weighted by Crippen LogP contribution is 2.13. The summed E-state index contributed by atoms with van der Waals surface area (Å²) in [6, 6.07) is 7.63. The molecule has 2 heterocycles. The van der Waals surface area contributed by atoms with Crippen molar-refractivity contribution in [2.24, 2.45) is 0 Å². The van der Waals surface area contributed by atoms with Crippen molar-refractivity contribution in [2.45, 2.75) is 13.5 Å². The summed E-state index contributed by atoms with van der Waals surface area (Å²) in [7, 11) is 1.62. The largest absolute Gasteiger partial charge is 0.495 e. The van der Waals surface area contributed by atoms with Crippen LogP contribution in [0.3, 0.4) is 0 Å². The van der Waals surface area contributed by atoms with Crippen molar-refractivity contribution in [1.82, 2.24) is 4.98 Å². The van der Waals surface area contributed by atoms with Gasteiger partial charge in [-0.15, -0.1) is 0 Å². The fourth-order valence-corrected chi connectivity index (χ4v) is 1.36. The molecule has 0 amide bonds. The number of furan rings is 1. The van der Waals surface area contributed by atoms with Gasteiger partial charge in [0.25, 0.3) is 0 Å². The lowest BCUT2D eigenvalue weighted by Crippen LogP contribution is -2.00. The van der Waals surface area contributed by atoms with Gasteiger partial charge >= 0.3 is 0 Å². The Morgan fingerprint density at radius 1 is 1.31 bits per heavy atom. The van der Waals surface area contributed by atoms with Gasteiger partial charge in [-0.1, -0.05) is 0 Å². The molecule has 2 aromatic rings. The predicted molar refractivity (Wildman–Crippen MR) is 61.6 cm³/mol. The maximum Gasteiger partial charge on any atom is 0.137 e. The molecule has 0 fully saturated rings. The molecule has 1 N–H and O–H groups in total. The average Bonchev–Trinajstić information content (AvgIpc) is 2.73. The van der Waals surface area contributed by atoms with Gasteiger partial charge in [0.15, 0.2) is 0 Å². The van der Waals surface area contributed by atoms with E-state index in [0.29, 0.717) is 6.54 Å². The van der Waals surface area contributed by atoms with Crippen molar-refractivity contribution in [3.8, 4) is 5.75 Å². The molecule has 0 spiro atoms. The number of hydrogen-bond acceptors (Lipinski definition) is 4. The van der Waals surface area contributed by atoms with E-state index in [1.165, 1.54) is 0 Å². The Morgan fingerprint density at radius 2 is 2.19 bits per heavy atom. The average molecular weight is 218 g/mol. The van der Waals surface area contributed by atoms with Crippen molar-refractivity contribution >= 4 is 5.82 Å². The molecule has 2 rings (SSSR count). The Labute approximate surface area is 94.3 Å². The molecular weight excluding hydrogens is 204 g/mol. The molecule has 2 aromatic heterocycles. The minimum atomic E-state index is 0.632. The van der Waals surface area contributed by atoms with E-state index in [4.69, 9.17) is 9.15 Å². The zero-order chi connectivity index (χ0) is 11.4. The number of nitrogens with one attached hydrogen (secondary N) is 1. The molecule has 0 saturated heterocycles. The van der Waals surface area contributed by atoms with E-state index >= 15 is 0 Å². The molecule has 4 nitrogen and oxygen atoms in total. The number of methoxy groups -OCH3 is 1. The number of anilines is 1. The van der Waals surface area contributed by atoms with E-state index in [1.54, 1.807) is 13.3 Å². The maximum atomic E-state index is 5.44. The number of pyridine rings is 1. The molecule has 16 heavy (non-hydrogen) atoms. The Balaban J connectivity index is 1.94. The highest BCUT2D eigenvalue weighted by Gasteiger charge is 1.99. The number of aryl methyl sites for hydroxylation is 1. The molecule has 4 heteroatoms. The van der Waals surface area contributed by atoms with E-state index in [1.807, 2.05) is 31.2 Å². The van der Waals surface area contributed by atoms with Crippen LogP contribution < -0.4 is 10.1 Å². The first-order valence-electron chi connectivity index (χ1n) is 5.07. The Hall–Kier alpha value is -1.97. The van der Waals surface area contributed by atoms with E-state index in [-0.39, 0.29) is 0 Å². The third-order valence-corrected chi connectivity index (χ3v) is 2.21. The second-order valence-corrected chi connectivity index (χ2v) is 3.45. The van der Waals surface area contributed by atoms with Crippen LogP contribution in [0, 0.1) is 6.92 Å². The van der Waals surface area contributed by atoms with Gasteiger partial charge in [-0.25, -0.2) is 4.98 Å². The van der Waals surface area contributed by atoms with Crippen LogP contribution in [0.2, 0.25) is 0 Å². The molecule has 0 bridgehead atoms. The van der Waals surface area contributed by atoms with E-state index in [2.05, 4.69) is 10.3 Å². The smallest absolute Gasteiger partial charge is 0.137 e. The summed E-state index contributed by atoms with van der Waals surface area (Å²) < 4.78 is 10.5. The van der Waals surface area contributed by atoms with Crippen LogP contribution >= 0.6 is 0 Å². The summed E-state index contributed by atoms with van der Waals surface area (Å²) in [6.45, 7) is 2.56. The lowest BCUT2D eigenvalue weighted by atomic mass is 10.4. The monoisotopic (exact) mass is 218 g/mol. The molecule has 0 atom stereocenters. The first-order chi connectivity index (χ1) is 7.78. The SMILES string of the molecule is COc1ccc(NCc2ccc(C)o2)nc1. The lowest BCUT2D eigenvalue weighted by Gasteiger charge is -2.04. The van der Waals surface area contributed by atoms with Crippen LogP contribution in [-0.2, 0) is 6.54 Å². The summed E-state index contributed by atoms with van der Waals surface area (Å²) in [5.41, 5.74) is 0. The van der Waals surface area contributed by atoms with Crippen molar-refractivity contribution in [1.29, 1.82) is 0 Å². The second-order valence-electron chi connectivity index (χ2n) is 3.45. The summed E-state index contributed by atoms with van der Waals surface area (Å²) in [5.74, 6) is 3.36. The molecule has 0 unspecified atom stereocenters. The zero-order valence-electron chi connectivity index (χ0n) is 9.36. The zero-order valence-corrected chi connectivity index (χ0v) is 9.36.